The third-order valence-electron chi connectivity index (χ3n) is 4.15. The Morgan fingerprint density at radius 2 is 1.85 bits per heavy atom. The molecule has 0 aromatic carbocycles. The molecule has 0 aromatic rings. The number of hydrogen-bond donors (Lipinski definition) is 0. The number of esters is 2. The quantitative estimate of drug-likeness (QED) is 0.573. The van der Waals surface area contributed by atoms with Gasteiger partial charge in [0, 0.05) is 46.8 Å². The Hall–Kier alpha value is -1.47. The number of carbonyl (C=O) groups excluding carboxylic acids is 3. The van der Waals surface area contributed by atoms with E-state index in [-0.39, 0.29) is 30.1 Å². The van der Waals surface area contributed by atoms with E-state index in [1.807, 2.05) is 6.92 Å². The molecule has 0 N–H and O–H groups in total. The first kappa shape index (κ1) is 24.5. The average molecular weight is 374 g/mol. The number of carbonyl (C=O) groups is 3. The zero-order valence-electron chi connectivity index (χ0n) is 16.7. The van der Waals surface area contributed by atoms with Crippen LogP contribution < -0.4 is 0 Å². The van der Waals surface area contributed by atoms with Crippen LogP contribution in [0, 0.1) is 5.92 Å². The fourth-order valence-corrected chi connectivity index (χ4v) is 2.68. The summed E-state index contributed by atoms with van der Waals surface area (Å²) in [6.07, 6.45) is 4.93. The van der Waals surface area contributed by atoms with Gasteiger partial charge < -0.3 is 18.9 Å². The van der Waals surface area contributed by atoms with Crippen molar-refractivity contribution in [3.63, 3.8) is 0 Å². The molecule has 0 heterocycles. The highest BCUT2D eigenvalue weighted by Gasteiger charge is 2.26. The molecule has 0 amide bonds. The second-order valence-corrected chi connectivity index (χ2v) is 6.51. The summed E-state index contributed by atoms with van der Waals surface area (Å²) in [5.41, 5.74) is 0. The summed E-state index contributed by atoms with van der Waals surface area (Å²) in [5.74, 6) is -0.193. The van der Waals surface area contributed by atoms with E-state index in [2.05, 4.69) is 0 Å². The number of methoxy groups -OCH3 is 2. The molecule has 3 atom stereocenters. The first-order valence-electron chi connectivity index (χ1n) is 9.15. The minimum absolute atomic E-state index is 0.0493. The standard InChI is InChI=1S/C12H20O4.C7H14O3/c1-9(13)16-11(8-15-2)7-10-5-3-4-6-12(10)14;1-6(9-3)4-5-10-7(2)8/h10-11H,3-8H2,1-2H3;6H,4-5H2,1-3H3. The largest absolute Gasteiger partial charge is 0.466 e. The van der Waals surface area contributed by atoms with Crippen LogP contribution in [0.2, 0.25) is 0 Å². The van der Waals surface area contributed by atoms with Gasteiger partial charge in [0.25, 0.3) is 0 Å². The van der Waals surface area contributed by atoms with Crippen LogP contribution in [0.5, 0.6) is 0 Å². The van der Waals surface area contributed by atoms with E-state index in [4.69, 9.17) is 18.9 Å². The van der Waals surface area contributed by atoms with E-state index in [9.17, 15) is 14.4 Å². The van der Waals surface area contributed by atoms with Crippen molar-refractivity contribution in [3.05, 3.63) is 0 Å². The van der Waals surface area contributed by atoms with Crippen LogP contribution in [0.15, 0.2) is 0 Å². The molecule has 1 aliphatic carbocycles. The average Bonchev–Trinajstić information content (AvgIpc) is 2.56. The van der Waals surface area contributed by atoms with Gasteiger partial charge in [-0.05, 0) is 26.2 Å². The van der Waals surface area contributed by atoms with Crippen molar-refractivity contribution in [3.8, 4) is 0 Å². The third kappa shape index (κ3) is 12.8. The fraction of sp³-hybridized carbons (Fsp3) is 0.842. The van der Waals surface area contributed by atoms with Crippen molar-refractivity contribution in [1.29, 1.82) is 0 Å². The van der Waals surface area contributed by atoms with Gasteiger partial charge in [0.05, 0.1) is 19.3 Å². The maximum absolute atomic E-state index is 11.6. The molecule has 7 heteroatoms. The first-order chi connectivity index (χ1) is 12.3. The zero-order valence-corrected chi connectivity index (χ0v) is 16.7. The summed E-state index contributed by atoms with van der Waals surface area (Å²) in [4.78, 5) is 32.8. The summed E-state index contributed by atoms with van der Waals surface area (Å²) in [6.45, 7) is 5.53. The summed E-state index contributed by atoms with van der Waals surface area (Å²) >= 11 is 0. The van der Waals surface area contributed by atoms with Gasteiger partial charge in [-0.2, -0.15) is 0 Å². The van der Waals surface area contributed by atoms with Gasteiger partial charge >= 0.3 is 11.9 Å². The highest BCUT2D eigenvalue weighted by atomic mass is 16.6. The minimum atomic E-state index is -0.315. The maximum Gasteiger partial charge on any atom is 0.302 e. The molecule has 0 aliphatic heterocycles. The molecular weight excluding hydrogens is 340 g/mol. The minimum Gasteiger partial charge on any atom is -0.466 e. The molecule has 1 aliphatic rings. The van der Waals surface area contributed by atoms with Crippen molar-refractivity contribution in [2.24, 2.45) is 5.92 Å². The van der Waals surface area contributed by atoms with Crippen molar-refractivity contribution in [2.75, 3.05) is 27.4 Å². The van der Waals surface area contributed by atoms with Crippen LogP contribution in [-0.2, 0) is 33.3 Å². The number of rotatable bonds is 9. The lowest BCUT2D eigenvalue weighted by Gasteiger charge is -2.24. The van der Waals surface area contributed by atoms with E-state index in [0.29, 0.717) is 31.8 Å². The number of Topliss-reactive ketones (excluding diaryl/α,β-unsaturated/α-hetero) is 1. The molecule has 3 unspecified atom stereocenters. The van der Waals surface area contributed by atoms with Crippen LogP contribution in [0.25, 0.3) is 0 Å². The molecule has 1 saturated carbocycles. The van der Waals surface area contributed by atoms with Gasteiger partial charge in [-0.25, -0.2) is 0 Å². The Morgan fingerprint density at radius 3 is 2.35 bits per heavy atom. The molecule has 152 valence electrons. The SMILES string of the molecule is COC(C)CCOC(C)=O.COCC(CC1CCCCC1=O)OC(C)=O. The zero-order chi connectivity index (χ0) is 19.9. The van der Waals surface area contributed by atoms with Crippen molar-refractivity contribution in [2.45, 2.75) is 71.5 Å². The van der Waals surface area contributed by atoms with Crippen LogP contribution >= 0.6 is 0 Å². The predicted octanol–water partition coefficient (Wildman–Crippen LogP) is 2.69. The highest BCUT2D eigenvalue weighted by Crippen LogP contribution is 2.25. The van der Waals surface area contributed by atoms with Crippen LogP contribution in [0.4, 0.5) is 0 Å². The molecule has 0 spiro atoms. The molecule has 7 nitrogen and oxygen atoms in total. The van der Waals surface area contributed by atoms with Crippen molar-refractivity contribution < 1.29 is 33.3 Å². The van der Waals surface area contributed by atoms with Crippen LogP contribution in [0.3, 0.4) is 0 Å². The maximum atomic E-state index is 11.6. The highest BCUT2D eigenvalue weighted by molar-refractivity contribution is 5.81. The Kier molecular flexibility index (Phi) is 13.8. The fourth-order valence-electron chi connectivity index (χ4n) is 2.68. The van der Waals surface area contributed by atoms with Crippen LogP contribution in [-0.4, -0.2) is 57.4 Å². The summed E-state index contributed by atoms with van der Waals surface area (Å²) in [7, 11) is 3.21. The molecular formula is C19H34O7. The second kappa shape index (κ2) is 14.7. The van der Waals surface area contributed by atoms with E-state index >= 15 is 0 Å². The smallest absolute Gasteiger partial charge is 0.302 e. The molecule has 0 bridgehead atoms. The second-order valence-electron chi connectivity index (χ2n) is 6.51. The molecule has 0 aromatic heterocycles. The van der Waals surface area contributed by atoms with Crippen molar-refractivity contribution in [1.82, 2.24) is 0 Å². The Morgan fingerprint density at radius 1 is 1.15 bits per heavy atom. The van der Waals surface area contributed by atoms with Gasteiger partial charge in [-0.3, -0.25) is 14.4 Å². The van der Waals surface area contributed by atoms with Gasteiger partial charge in [0.2, 0.25) is 0 Å². The summed E-state index contributed by atoms with van der Waals surface area (Å²) < 4.78 is 19.8. The normalized spacial score (nSPS) is 19.0. The van der Waals surface area contributed by atoms with E-state index in [0.717, 1.165) is 25.7 Å². The number of hydrogen-bond acceptors (Lipinski definition) is 7. The molecule has 26 heavy (non-hydrogen) atoms. The third-order valence-corrected chi connectivity index (χ3v) is 4.15. The first-order valence-corrected chi connectivity index (χ1v) is 9.15. The van der Waals surface area contributed by atoms with Crippen LogP contribution in [0.1, 0.15) is 59.3 Å². The lowest BCUT2D eigenvalue weighted by molar-refractivity contribution is -0.151. The van der Waals surface area contributed by atoms with Gasteiger partial charge in [0.1, 0.15) is 11.9 Å². The lowest BCUT2D eigenvalue weighted by Crippen LogP contribution is -2.29. The van der Waals surface area contributed by atoms with Gasteiger partial charge in [-0.15, -0.1) is 0 Å². The topological polar surface area (TPSA) is 88.1 Å². The molecule has 1 rings (SSSR count). The monoisotopic (exact) mass is 374 g/mol. The van der Waals surface area contributed by atoms with Gasteiger partial charge in [-0.1, -0.05) is 6.42 Å². The number of ether oxygens (including phenoxy) is 4. The lowest BCUT2D eigenvalue weighted by atomic mass is 9.84. The van der Waals surface area contributed by atoms with E-state index in [1.54, 1.807) is 14.2 Å². The summed E-state index contributed by atoms with van der Waals surface area (Å²) in [6, 6.07) is 0. The molecule has 0 saturated heterocycles. The molecule has 0 radical (unpaired) electrons. The van der Waals surface area contributed by atoms with E-state index < -0.39 is 0 Å². The predicted molar refractivity (Wildman–Crippen MR) is 96.7 cm³/mol. The summed E-state index contributed by atoms with van der Waals surface area (Å²) in [5, 5.41) is 0. The van der Waals surface area contributed by atoms with E-state index in [1.165, 1.54) is 13.8 Å². The van der Waals surface area contributed by atoms with Gasteiger partial charge in [0.15, 0.2) is 0 Å². The van der Waals surface area contributed by atoms with Crippen molar-refractivity contribution >= 4 is 17.7 Å². The Bertz CT molecular complexity index is 422. The Labute approximate surface area is 156 Å². The Balaban J connectivity index is 0.000000541. The number of ketones is 1. The molecule has 1 fully saturated rings.